The first-order valence-electron chi connectivity index (χ1n) is 2.16. The number of nitrogens with zero attached hydrogens (tertiary/aromatic N) is 2. The predicted octanol–water partition coefficient (Wildman–Crippen LogP) is -3.68. The van der Waals surface area contributed by atoms with Crippen molar-refractivity contribution in [2.24, 2.45) is 5.73 Å². The van der Waals surface area contributed by atoms with Crippen LogP contribution in [0.25, 0.3) is 0 Å². The number of rotatable bonds is 1. The first-order chi connectivity index (χ1) is 4.12. The van der Waals surface area contributed by atoms with Crippen molar-refractivity contribution >= 4 is 0 Å². The topological polar surface area (TPSA) is 93.8 Å². The Morgan fingerprint density at radius 3 is 2.00 bits per heavy atom. The van der Waals surface area contributed by atoms with Crippen molar-refractivity contribution in [3.8, 4) is 6.07 Å². The van der Waals surface area contributed by atoms with Crippen LogP contribution in [-0.2, 0) is 0 Å². The summed E-state index contributed by atoms with van der Waals surface area (Å²) in [6, 6.07) is 1.72. The van der Waals surface area contributed by atoms with Gasteiger partial charge in [-0.2, -0.15) is 5.26 Å². The number of nitriles is 1. The van der Waals surface area contributed by atoms with Crippen molar-refractivity contribution in [2.45, 2.75) is 12.5 Å². The molecule has 0 aliphatic carbocycles. The van der Waals surface area contributed by atoms with Gasteiger partial charge in [-0.15, -0.1) is 0 Å². The van der Waals surface area contributed by atoms with Crippen LogP contribution in [-0.4, -0.2) is 17.3 Å². The molecule has 0 aromatic rings. The molecule has 1 unspecified atom stereocenters. The molecule has 0 spiro atoms. The quantitative estimate of drug-likeness (QED) is 0.296. The Morgan fingerprint density at radius 1 is 1.70 bits per heavy atom. The van der Waals surface area contributed by atoms with E-state index in [4.69, 9.17) is 27.9 Å². The Morgan fingerprint density at radius 2 is 2.00 bits per heavy atom. The second-order valence-corrected chi connectivity index (χ2v) is 1.69. The summed E-state index contributed by atoms with van der Waals surface area (Å²) in [5.74, 6) is 0. The zero-order valence-electron chi connectivity index (χ0n) is 6.13. The number of hydrogen-bond donors (Lipinski definition) is 2. The van der Waals surface area contributed by atoms with Crippen LogP contribution in [0, 0.1) is 23.2 Å². The minimum atomic E-state index is -1.06. The number of hydrogen-bond acceptors (Lipinski definition) is 4. The standard InChI is InChI=1S/C4H8N2O.CN.Na/c1-4(6,2-5)3-7;1-2;/h7H,3,6H2,1H3;;/q;-1;+1. The molecule has 10 heavy (non-hydrogen) atoms. The van der Waals surface area contributed by atoms with Crippen molar-refractivity contribution in [3.63, 3.8) is 0 Å². The van der Waals surface area contributed by atoms with Gasteiger partial charge in [0.1, 0.15) is 5.54 Å². The van der Waals surface area contributed by atoms with Gasteiger partial charge in [0.2, 0.25) is 0 Å². The van der Waals surface area contributed by atoms with Gasteiger partial charge < -0.3 is 22.7 Å². The molecule has 0 saturated carbocycles. The van der Waals surface area contributed by atoms with E-state index in [2.05, 4.69) is 0 Å². The van der Waals surface area contributed by atoms with Crippen molar-refractivity contribution in [3.05, 3.63) is 6.57 Å². The minimum Gasteiger partial charge on any atom is -0.512 e. The molecular weight excluding hydrogens is 141 g/mol. The Labute approximate surface area is 82.5 Å². The third-order valence-electron chi connectivity index (χ3n) is 0.584. The van der Waals surface area contributed by atoms with Crippen molar-refractivity contribution in [1.82, 2.24) is 0 Å². The van der Waals surface area contributed by atoms with Gasteiger partial charge >= 0.3 is 29.6 Å². The van der Waals surface area contributed by atoms with E-state index < -0.39 is 5.54 Å². The molecule has 0 bridgehead atoms. The zero-order chi connectivity index (χ0) is 7.91. The normalized spacial score (nSPS) is 12.4. The molecule has 0 saturated heterocycles. The summed E-state index contributed by atoms with van der Waals surface area (Å²) in [7, 11) is 0. The van der Waals surface area contributed by atoms with Crippen LogP contribution in [0.3, 0.4) is 0 Å². The molecule has 0 aliphatic heterocycles. The van der Waals surface area contributed by atoms with Crippen molar-refractivity contribution < 1.29 is 34.7 Å². The van der Waals surface area contributed by atoms with Crippen molar-refractivity contribution in [1.29, 1.82) is 10.5 Å². The van der Waals surface area contributed by atoms with Crippen LogP contribution < -0.4 is 35.3 Å². The summed E-state index contributed by atoms with van der Waals surface area (Å²) in [6.45, 7) is 5.93. The van der Waals surface area contributed by atoms with E-state index in [0.29, 0.717) is 0 Å². The number of aliphatic hydroxyl groups excluding tert-OH is 1. The SMILES string of the molecule is CC(N)(C#N)CO.[C-]#N.[Na+]. The first kappa shape index (κ1) is 16.5. The van der Waals surface area contributed by atoms with E-state index in [1.807, 2.05) is 0 Å². The third-order valence-corrected chi connectivity index (χ3v) is 0.584. The van der Waals surface area contributed by atoms with E-state index >= 15 is 0 Å². The molecule has 0 aromatic carbocycles. The summed E-state index contributed by atoms with van der Waals surface area (Å²) in [5, 5.41) is 22.6. The summed E-state index contributed by atoms with van der Waals surface area (Å²) in [4.78, 5) is 0. The Bertz CT molecular complexity index is 127. The van der Waals surface area contributed by atoms with Gasteiger partial charge in [0, 0.05) is 0 Å². The molecule has 0 aliphatic rings. The smallest absolute Gasteiger partial charge is 0.512 e. The Balaban J connectivity index is -0.000000149. The molecule has 1 atom stereocenters. The zero-order valence-corrected chi connectivity index (χ0v) is 8.13. The summed E-state index contributed by atoms with van der Waals surface area (Å²) >= 11 is 0. The maximum absolute atomic E-state index is 8.25. The fourth-order valence-electron chi connectivity index (χ4n) is 0.0354. The van der Waals surface area contributed by atoms with E-state index in [1.54, 1.807) is 6.07 Å². The monoisotopic (exact) mass is 149 g/mol. The van der Waals surface area contributed by atoms with Gasteiger partial charge in [0.05, 0.1) is 12.7 Å². The molecule has 0 rings (SSSR count). The van der Waals surface area contributed by atoms with Gasteiger partial charge in [-0.3, -0.25) is 0 Å². The fourth-order valence-corrected chi connectivity index (χ4v) is 0.0354. The van der Waals surface area contributed by atoms with Crippen LogP contribution in [0.4, 0.5) is 0 Å². The van der Waals surface area contributed by atoms with Crippen LogP contribution in [0.1, 0.15) is 6.92 Å². The van der Waals surface area contributed by atoms with Gasteiger partial charge in [-0.1, -0.05) is 0 Å². The van der Waals surface area contributed by atoms with Crippen molar-refractivity contribution in [2.75, 3.05) is 6.61 Å². The van der Waals surface area contributed by atoms with Crippen LogP contribution >= 0.6 is 0 Å². The Kier molecular flexibility index (Phi) is 14.7. The van der Waals surface area contributed by atoms with Crippen LogP contribution in [0.15, 0.2) is 0 Å². The second kappa shape index (κ2) is 8.90. The van der Waals surface area contributed by atoms with Crippen LogP contribution in [0.2, 0.25) is 0 Å². The maximum atomic E-state index is 8.25. The number of aliphatic hydroxyl groups is 1. The van der Waals surface area contributed by atoms with E-state index in [0.717, 1.165) is 0 Å². The third kappa shape index (κ3) is 10.8. The molecule has 0 amide bonds. The van der Waals surface area contributed by atoms with Gasteiger partial charge in [-0.25, -0.2) is 0 Å². The van der Waals surface area contributed by atoms with Gasteiger partial charge in [0.25, 0.3) is 0 Å². The van der Waals surface area contributed by atoms with E-state index in [-0.39, 0.29) is 36.2 Å². The predicted molar refractivity (Wildman–Crippen MR) is 30.3 cm³/mol. The largest absolute Gasteiger partial charge is 1.00 e. The molecule has 0 aromatic heterocycles. The summed E-state index contributed by atoms with van der Waals surface area (Å²) < 4.78 is 0. The molecule has 5 heteroatoms. The first-order valence-corrected chi connectivity index (χ1v) is 2.16. The Hall–Kier alpha value is -0.100. The second-order valence-electron chi connectivity index (χ2n) is 1.69. The maximum Gasteiger partial charge on any atom is 1.00 e. The molecule has 0 radical (unpaired) electrons. The average molecular weight is 149 g/mol. The molecular formula is C5H8N3NaO. The molecule has 50 valence electrons. The summed E-state index contributed by atoms with van der Waals surface area (Å²) in [5.41, 5.74) is 4.05. The molecule has 0 heterocycles. The fraction of sp³-hybridized carbons (Fsp3) is 0.600. The van der Waals surface area contributed by atoms with E-state index in [9.17, 15) is 0 Å². The molecule has 0 fully saturated rings. The average Bonchev–Trinajstić information content (AvgIpc) is 1.93. The minimum absolute atomic E-state index is 0. The molecule has 3 N–H and O–H groups in total. The van der Waals surface area contributed by atoms with Gasteiger partial charge in [0.15, 0.2) is 0 Å². The summed E-state index contributed by atoms with van der Waals surface area (Å²) in [6.07, 6.45) is 0. The molecule has 4 nitrogen and oxygen atoms in total. The van der Waals surface area contributed by atoms with Crippen LogP contribution in [0.5, 0.6) is 0 Å². The van der Waals surface area contributed by atoms with Gasteiger partial charge in [-0.05, 0) is 6.92 Å². The van der Waals surface area contributed by atoms with E-state index in [1.165, 1.54) is 6.92 Å². The number of nitrogens with two attached hydrogens (primary N) is 1.